The van der Waals surface area contributed by atoms with E-state index in [1.165, 1.54) is 0 Å². The lowest BCUT2D eigenvalue weighted by molar-refractivity contribution is 0.0264. The Hall–Kier alpha value is -3.10. The van der Waals surface area contributed by atoms with Gasteiger partial charge in [0.25, 0.3) is 5.91 Å². The molecule has 1 saturated heterocycles. The minimum Gasteiger partial charge on any atom is -0.494 e. The number of aromatic nitrogens is 2. The summed E-state index contributed by atoms with van der Waals surface area (Å²) in [6.45, 7) is 2.57. The maximum absolute atomic E-state index is 12.9. The molecule has 1 atom stereocenters. The third-order valence-corrected chi connectivity index (χ3v) is 5.66. The first-order valence-electron chi connectivity index (χ1n) is 10.6. The molecule has 8 nitrogen and oxygen atoms in total. The van der Waals surface area contributed by atoms with Gasteiger partial charge in [0, 0.05) is 38.1 Å². The smallest absolute Gasteiger partial charge is 0.253 e. The largest absolute Gasteiger partial charge is 0.494 e. The van der Waals surface area contributed by atoms with E-state index in [0.717, 1.165) is 17.9 Å². The first-order chi connectivity index (χ1) is 15.0. The molecule has 4 rings (SSSR count). The van der Waals surface area contributed by atoms with E-state index in [2.05, 4.69) is 9.88 Å². The number of rotatable bonds is 8. The Balaban J connectivity index is 1.38. The van der Waals surface area contributed by atoms with Crippen molar-refractivity contribution in [1.82, 2.24) is 14.3 Å². The lowest BCUT2D eigenvalue weighted by atomic mass is 10.0. The molecule has 1 aliphatic rings. The summed E-state index contributed by atoms with van der Waals surface area (Å²) < 4.78 is 7.60. The number of hydrogen-bond acceptors (Lipinski definition) is 6. The number of β-amino-alcohol motifs (C(OH)–C–C–N with tert-alkyl or cyclic N) is 1. The fraction of sp³-hybridized carbons (Fsp3) is 0.391. The Kier molecular flexibility index (Phi) is 6.11. The van der Waals surface area contributed by atoms with Crippen molar-refractivity contribution in [1.29, 1.82) is 0 Å². The van der Waals surface area contributed by atoms with Crippen LogP contribution in [-0.2, 0) is 0 Å². The fourth-order valence-electron chi connectivity index (χ4n) is 4.07. The monoisotopic (exact) mass is 423 g/mol. The molecule has 8 heteroatoms. The van der Waals surface area contributed by atoms with Gasteiger partial charge in [-0.1, -0.05) is 6.07 Å². The maximum Gasteiger partial charge on any atom is 0.253 e. The summed E-state index contributed by atoms with van der Waals surface area (Å²) in [5.41, 5.74) is 5.93. The van der Waals surface area contributed by atoms with Crippen molar-refractivity contribution in [3.8, 4) is 5.75 Å². The number of carbonyl (C=O) groups excluding carboxylic acids is 1. The average molecular weight is 424 g/mol. The SMILES string of the molecule is CN(C[C@@]1(O)CCN(c2cccc3nccn23)C1)C(=O)c1ccc(OCCCN)cc1. The lowest BCUT2D eigenvalue weighted by Gasteiger charge is -2.29. The van der Waals surface area contributed by atoms with E-state index >= 15 is 0 Å². The number of nitrogens with two attached hydrogens (primary N) is 1. The van der Waals surface area contributed by atoms with Crippen LogP contribution in [0.1, 0.15) is 23.2 Å². The Labute approximate surface area is 181 Å². The third-order valence-electron chi connectivity index (χ3n) is 5.66. The standard InChI is InChI=1S/C23H29N5O3/c1-26(22(29)18-6-8-19(9-7-18)31-15-3-11-24)16-23(30)10-13-27(17-23)21-5-2-4-20-25-12-14-28(20)21/h2,4-9,12,14,30H,3,10-11,13,15-17,24H2,1H3/t23-/m0/s1. The van der Waals surface area contributed by atoms with Gasteiger partial charge in [-0.2, -0.15) is 0 Å². The van der Waals surface area contributed by atoms with E-state index in [4.69, 9.17) is 10.5 Å². The molecule has 0 unspecified atom stereocenters. The van der Waals surface area contributed by atoms with Gasteiger partial charge in [-0.05, 0) is 55.8 Å². The highest BCUT2D eigenvalue weighted by atomic mass is 16.5. The van der Waals surface area contributed by atoms with E-state index in [1.807, 2.05) is 28.8 Å². The number of anilines is 1. The Morgan fingerprint density at radius 3 is 2.87 bits per heavy atom. The van der Waals surface area contributed by atoms with Crippen molar-refractivity contribution >= 4 is 17.4 Å². The van der Waals surface area contributed by atoms with Crippen LogP contribution < -0.4 is 15.4 Å². The molecule has 0 radical (unpaired) electrons. The van der Waals surface area contributed by atoms with Gasteiger partial charge in [0.05, 0.1) is 13.2 Å². The second-order valence-electron chi connectivity index (χ2n) is 8.11. The molecule has 0 saturated carbocycles. The molecule has 164 valence electrons. The number of carbonyl (C=O) groups is 1. The third kappa shape index (κ3) is 4.65. The molecule has 0 bridgehead atoms. The van der Waals surface area contributed by atoms with Gasteiger partial charge in [-0.3, -0.25) is 9.20 Å². The summed E-state index contributed by atoms with van der Waals surface area (Å²) in [4.78, 5) is 20.9. The number of pyridine rings is 1. The molecular formula is C23H29N5O3. The molecule has 1 aliphatic heterocycles. The number of aliphatic hydroxyl groups is 1. The van der Waals surface area contributed by atoms with Gasteiger partial charge in [-0.25, -0.2) is 4.98 Å². The molecule has 0 aliphatic carbocycles. The Morgan fingerprint density at radius 2 is 2.10 bits per heavy atom. The molecule has 1 aromatic carbocycles. The second kappa shape index (κ2) is 8.95. The van der Waals surface area contributed by atoms with Crippen LogP contribution >= 0.6 is 0 Å². The molecular weight excluding hydrogens is 394 g/mol. The van der Waals surface area contributed by atoms with Crippen molar-refractivity contribution in [2.24, 2.45) is 5.73 Å². The van der Waals surface area contributed by atoms with Crippen molar-refractivity contribution in [3.63, 3.8) is 0 Å². The molecule has 3 N–H and O–H groups in total. The van der Waals surface area contributed by atoms with Crippen molar-refractivity contribution in [3.05, 3.63) is 60.4 Å². The van der Waals surface area contributed by atoms with E-state index in [0.29, 0.717) is 44.0 Å². The number of hydrogen-bond donors (Lipinski definition) is 2. The number of nitrogens with zero attached hydrogens (tertiary/aromatic N) is 4. The predicted molar refractivity (Wildman–Crippen MR) is 120 cm³/mol. The van der Waals surface area contributed by atoms with Gasteiger partial charge in [0.15, 0.2) is 0 Å². The highest BCUT2D eigenvalue weighted by Gasteiger charge is 2.38. The quantitative estimate of drug-likeness (QED) is 0.536. The number of ether oxygens (including phenoxy) is 1. The Bertz CT molecular complexity index is 1040. The van der Waals surface area contributed by atoms with Crippen LogP contribution in [0, 0.1) is 0 Å². The van der Waals surface area contributed by atoms with Crippen molar-refractivity contribution in [2.45, 2.75) is 18.4 Å². The summed E-state index contributed by atoms with van der Waals surface area (Å²) in [6.07, 6.45) is 5.06. The maximum atomic E-state index is 12.9. The number of likely N-dealkylation sites (N-methyl/N-ethyl adjacent to an activating group) is 1. The van der Waals surface area contributed by atoms with Crippen LogP contribution in [0.3, 0.4) is 0 Å². The minimum atomic E-state index is -0.974. The van der Waals surface area contributed by atoms with E-state index in [1.54, 1.807) is 42.4 Å². The molecule has 1 fully saturated rings. The van der Waals surface area contributed by atoms with Crippen LogP contribution in [0.5, 0.6) is 5.75 Å². The molecule has 3 aromatic rings. The Morgan fingerprint density at radius 1 is 1.29 bits per heavy atom. The summed E-state index contributed by atoms with van der Waals surface area (Å²) >= 11 is 0. The number of amides is 1. The van der Waals surface area contributed by atoms with Crippen LogP contribution in [-0.4, -0.2) is 70.7 Å². The summed E-state index contributed by atoms with van der Waals surface area (Å²) in [7, 11) is 1.73. The highest BCUT2D eigenvalue weighted by Crippen LogP contribution is 2.28. The molecule has 1 amide bonds. The number of fused-ring (bicyclic) bond motifs is 1. The van der Waals surface area contributed by atoms with Crippen molar-refractivity contribution < 1.29 is 14.6 Å². The van der Waals surface area contributed by atoms with Crippen molar-refractivity contribution in [2.75, 3.05) is 44.7 Å². The molecule has 3 heterocycles. The summed E-state index contributed by atoms with van der Waals surface area (Å²) in [6, 6.07) is 13.0. The summed E-state index contributed by atoms with van der Waals surface area (Å²) in [5, 5.41) is 11.2. The zero-order chi connectivity index (χ0) is 21.8. The van der Waals surface area contributed by atoms with Crippen LogP contribution in [0.15, 0.2) is 54.9 Å². The second-order valence-corrected chi connectivity index (χ2v) is 8.11. The zero-order valence-electron chi connectivity index (χ0n) is 17.8. The average Bonchev–Trinajstić information content (AvgIpc) is 3.40. The van der Waals surface area contributed by atoms with Gasteiger partial charge >= 0.3 is 0 Å². The minimum absolute atomic E-state index is 0.128. The van der Waals surface area contributed by atoms with Gasteiger partial charge in [0.2, 0.25) is 0 Å². The normalized spacial score (nSPS) is 18.5. The van der Waals surface area contributed by atoms with E-state index in [-0.39, 0.29) is 12.5 Å². The fourth-order valence-corrected chi connectivity index (χ4v) is 4.07. The van der Waals surface area contributed by atoms with E-state index < -0.39 is 5.60 Å². The first kappa shape index (κ1) is 21.1. The molecule has 0 spiro atoms. The summed E-state index contributed by atoms with van der Waals surface area (Å²) in [5.74, 6) is 1.58. The molecule has 31 heavy (non-hydrogen) atoms. The van der Waals surface area contributed by atoms with Gasteiger partial charge < -0.3 is 25.4 Å². The number of benzene rings is 1. The van der Waals surface area contributed by atoms with Crippen LogP contribution in [0.2, 0.25) is 0 Å². The highest BCUT2D eigenvalue weighted by molar-refractivity contribution is 5.94. The van der Waals surface area contributed by atoms with Crippen LogP contribution in [0.4, 0.5) is 5.82 Å². The molecule has 2 aromatic heterocycles. The first-order valence-corrected chi connectivity index (χ1v) is 10.6. The van der Waals surface area contributed by atoms with Crippen LogP contribution in [0.25, 0.3) is 5.65 Å². The topological polar surface area (TPSA) is 96.3 Å². The zero-order valence-corrected chi connectivity index (χ0v) is 17.8. The van der Waals surface area contributed by atoms with E-state index in [9.17, 15) is 9.90 Å². The predicted octanol–water partition coefficient (Wildman–Crippen LogP) is 1.78. The van der Waals surface area contributed by atoms with Gasteiger partial charge in [0.1, 0.15) is 22.8 Å². The lowest BCUT2D eigenvalue weighted by Crippen LogP contribution is -2.46. The number of imidazole rings is 1. The van der Waals surface area contributed by atoms with Gasteiger partial charge in [-0.15, -0.1) is 0 Å².